The minimum atomic E-state index is 0.0552. The number of likely N-dealkylation sites (tertiary alicyclic amines) is 1. The fourth-order valence-electron chi connectivity index (χ4n) is 1.90. The summed E-state index contributed by atoms with van der Waals surface area (Å²) in [6, 6.07) is 2.34. The summed E-state index contributed by atoms with van der Waals surface area (Å²) in [5.74, 6) is 0.620. The lowest BCUT2D eigenvalue weighted by atomic mass is 9.98. The SMILES string of the molecule is COCC1CCCN(C(C)C#N)C1. The first-order valence-corrected chi connectivity index (χ1v) is 4.90. The van der Waals surface area contributed by atoms with E-state index in [1.165, 1.54) is 12.8 Å². The van der Waals surface area contributed by atoms with Gasteiger partial charge in [0.1, 0.15) is 0 Å². The highest BCUT2D eigenvalue weighted by Crippen LogP contribution is 2.18. The van der Waals surface area contributed by atoms with Crippen molar-refractivity contribution in [3.8, 4) is 6.07 Å². The zero-order valence-corrected chi connectivity index (χ0v) is 8.49. The lowest BCUT2D eigenvalue weighted by molar-refractivity contribution is 0.0829. The van der Waals surface area contributed by atoms with Crippen molar-refractivity contribution >= 4 is 0 Å². The molecule has 0 N–H and O–H groups in total. The Bertz CT molecular complexity index is 186. The zero-order chi connectivity index (χ0) is 9.68. The molecule has 0 saturated carbocycles. The Morgan fingerprint density at radius 3 is 3.08 bits per heavy atom. The minimum absolute atomic E-state index is 0.0552. The van der Waals surface area contributed by atoms with Crippen molar-refractivity contribution in [2.24, 2.45) is 5.92 Å². The van der Waals surface area contributed by atoms with Crippen molar-refractivity contribution in [1.29, 1.82) is 5.26 Å². The van der Waals surface area contributed by atoms with E-state index in [4.69, 9.17) is 10.00 Å². The van der Waals surface area contributed by atoms with Gasteiger partial charge in [0.05, 0.1) is 18.7 Å². The van der Waals surface area contributed by atoms with Gasteiger partial charge in [0.15, 0.2) is 0 Å². The van der Waals surface area contributed by atoms with E-state index in [1.54, 1.807) is 7.11 Å². The molecule has 0 radical (unpaired) electrons. The molecule has 0 aliphatic carbocycles. The van der Waals surface area contributed by atoms with Gasteiger partial charge < -0.3 is 4.74 Å². The summed E-state index contributed by atoms with van der Waals surface area (Å²) in [6.45, 7) is 4.88. The van der Waals surface area contributed by atoms with Gasteiger partial charge in [-0.25, -0.2) is 0 Å². The van der Waals surface area contributed by atoms with Gasteiger partial charge in [-0.3, -0.25) is 4.90 Å². The molecule has 0 aromatic carbocycles. The second-order valence-electron chi connectivity index (χ2n) is 3.76. The van der Waals surface area contributed by atoms with Crippen molar-refractivity contribution in [2.75, 3.05) is 26.8 Å². The molecule has 3 heteroatoms. The number of hydrogen-bond acceptors (Lipinski definition) is 3. The Labute approximate surface area is 80.3 Å². The quantitative estimate of drug-likeness (QED) is 0.659. The summed E-state index contributed by atoms with van der Waals surface area (Å²) in [5.41, 5.74) is 0. The summed E-state index contributed by atoms with van der Waals surface area (Å²) in [4.78, 5) is 2.24. The van der Waals surface area contributed by atoms with Gasteiger partial charge in [-0.2, -0.15) is 5.26 Å². The fourth-order valence-corrected chi connectivity index (χ4v) is 1.90. The van der Waals surface area contributed by atoms with Crippen LogP contribution in [0.3, 0.4) is 0 Å². The predicted octanol–water partition coefficient (Wildman–Crippen LogP) is 1.26. The molecule has 0 amide bonds. The molecule has 0 aromatic heterocycles. The second-order valence-corrected chi connectivity index (χ2v) is 3.76. The van der Waals surface area contributed by atoms with Crippen molar-refractivity contribution in [3.63, 3.8) is 0 Å². The molecule has 1 heterocycles. The lowest BCUT2D eigenvalue weighted by Gasteiger charge is -2.33. The fraction of sp³-hybridized carbons (Fsp3) is 0.900. The van der Waals surface area contributed by atoms with E-state index in [2.05, 4.69) is 11.0 Å². The van der Waals surface area contributed by atoms with Crippen LogP contribution in [0.4, 0.5) is 0 Å². The molecular formula is C10H18N2O. The van der Waals surface area contributed by atoms with Crippen LogP contribution in [0.5, 0.6) is 0 Å². The summed E-state index contributed by atoms with van der Waals surface area (Å²) in [6.07, 6.45) is 2.43. The van der Waals surface area contributed by atoms with Crippen LogP contribution in [-0.4, -0.2) is 37.7 Å². The van der Waals surface area contributed by atoms with Crippen LogP contribution >= 0.6 is 0 Å². The second kappa shape index (κ2) is 5.21. The monoisotopic (exact) mass is 182 g/mol. The number of nitrogens with zero attached hydrogens (tertiary/aromatic N) is 2. The highest BCUT2D eigenvalue weighted by Gasteiger charge is 2.22. The Kier molecular flexibility index (Phi) is 4.20. The van der Waals surface area contributed by atoms with E-state index in [0.29, 0.717) is 5.92 Å². The molecular weight excluding hydrogens is 164 g/mol. The topological polar surface area (TPSA) is 36.3 Å². The summed E-state index contributed by atoms with van der Waals surface area (Å²) in [7, 11) is 1.74. The predicted molar refractivity (Wildman–Crippen MR) is 51.2 cm³/mol. The third kappa shape index (κ3) is 2.98. The highest BCUT2D eigenvalue weighted by atomic mass is 16.5. The van der Waals surface area contributed by atoms with Crippen LogP contribution in [0, 0.1) is 17.2 Å². The third-order valence-corrected chi connectivity index (χ3v) is 2.69. The Hall–Kier alpha value is -0.590. The molecule has 1 fully saturated rings. The largest absolute Gasteiger partial charge is 0.384 e. The van der Waals surface area contributed by atoms with E-state index >= 15 is 0 Å². The maximum absolute atomic E-state index is 8.78. The molecule has 1 saturated heterocycles. The van der Waals surface area contributed by atoms with Gasteiger partial charge >= 0.3 is 0 Å². The Morgan fingerprint density at radius 2 is 2.46 bits per heavy atom. The molecule has 0 aromatic rings. The van der Waals surface area contributed by atoms with Crippen LogP contribution < -0.4 is 0 Å². The molecule has 1 aliphatic heterocycles. The highest BCUT2D eigenvalue weighted by molar-refractivity contribution is 4.90. The number of hydrogen-bond donors (Lipinski definition) is 0. The van der Waals surface area contributed by atoms with Crippen LogP contribution in [0.2, 0.25) is 0 Å². The van der Waals surface area contributed by atoms with Gasteiger partial charge in [0.25, 0.3) is 0 Å². The maximum Gasteiger partial charge on any atom is 0.0949 e. The molecule has 74 valence electrons. The van der Waals surface area contributed by atoms with Crippen molar-refractivity contribution < 1.29 is 4.74 Å². The summed E-state index contributed by atoms with van der Waals surface area (Å²) < 4.78 is 5.13. The molecule has 0 spiro atoms. The van der Waals surface area contributed by atoms with Crippen molar-refractivity contribution in [2.45, 2.75) is 25.8 Å². The minimum Gasteiger partial charge on any atom is -0.384 e. The smallest absolute Gasteiger partial charge is 0.0949 e. The van der Waals surface area contributed by atoms with Crippen molar-refractivity contribution in [3.05, 3.63) is 0 Å². The summed E-state index contributed by atoms with van der Waals surface area (Å²) >= 11 is 0. The third-order valence-electron chi connectivity index (χ3n) is 2.69. The average Bonchev–Trinajstić information content (AvgIpc) is 2.18. The standard InChI is InChI=1S/C10H18N2O/c1-9(6-11)12-5-3-4-10(7-12)8-13-2/h9-10H,3-5,7-8H2,1-2H3. The Balaban J connectivity index is 2.38. The van der Waals surface area contributed by atoms with Gasteiger partial charge in [-0.15, -0.1) is 0 Å². The molecule has 13 heavy (non-hydrogen) atoms. The van der Waals surface area contributed by atoms with E-state index in [1.807, 2.05) is 6.92 Å². The van der Waals surface area contributed by atoms with E-state index < -0.39 is 0 Å². The first-order valence-electron chi connectivity index (χ1n) is 4.90. The first kappa shape index (κ1) is 10.5. The normalized spacial score (nSPS) is 26.7. The van der Waals surface area contributed by atoms with Gasteiger partial charge in [-0.1, -0.05) is 0 Å². The lowest BCUT2D eigenvalue weighted by Crippen LogP contribution is -2.41. The van der Waals surface area contributed by atoms with Gasteiger partial charge in [0.2, 0.25) is 0 Å². The molecule has 2 atom stereocenters. The summed E-state index contributed by atoms with van der Waals surface area (Å²) in [5, 5.41) is 8.78. The number of ether oxygens (including phenoxy) is 1. The van der Waals surface area contributed by atoms with Crippen LogP contribution in [0.15, 0.2) is 0 Å². The molecule has 2 unspecified atom stereocenters. The number of rotatable bonds is 3. The average molecular weight is 182 g/mol. The molecule has 0 bridgehead atoms. The zero-order valence-electron chi connectivity index (χ0n) is 8.49. The number of nitriles is 1. The maximum atomic E-state index is 8.78. The molecule has 3 nitrogen and oxygen atoms in total. The van der Waals surface area contributed by atoms with Gasteiger partial charge in [-0.05, 0) is 32.2 Å². The van der Waals surface area contributed by atoms with Crippen LogP contribution in [0.1, 0.15) is 19.8 Å². The van der Waals surface area contributed by atoms with E-state index in [9.17, 15) is 0 Å². The van der Waals surface area contributed by atoms with Crippen LogP contribution in [0.25, 0.3) is 0 Å². The number of piperidine rings is 1. The molecule has 1 aliphatic rings. The van der Waals surface area contributed by atoms with E-state index in [0.717, 1.165) is 19.7 Å². The van der Waals surface area contributed by atoms with Gasteiger partial charge in [0, 0.05) is 13.7 Å². The first-order chi connectivity index (χ1) is 6.27. The van der Waals surface area contributed by atoms with Crippen molar-refractivity contribution in [1.82, 2.24) is 4.90 Å². The van der Waals surface area contributed by atoms with Crippen LogP contribution in [-0.2, 0) is 4.74 Å². The van der Waals surface area contributed by atoms with E-state index in [-0.39, 0.29) is 6.04 Å². The molecule has 1 rings (SSSR count). The Morgan fingerprint density at radius 1 is 1.69 bits per heavy atom. The number of methoxy groups -OCH3 is 1.